The highest BCUT2D eigenvalue weighted by molar-refractivity contribution is 5.81. The highest BCUT2D eigenvalue weighted by Gasteiger charge is 2.11. The molecule has 0 bridgehead atoms. The SMILES string of the molecule is CCOc1cc(C=NNc2nc(C)cc(COC)c2C#N)ccc1OC. The Hall–Kier alpha value is -3.11. The zero-order chi connectivity index (χ0) is 18.9. The number of nitrogens with one attached hydrogen (secondary N) is 1. The maximum Gasteiger partial charge on any atom is 0.164 e. The molecule has 1 aromatic heterocycles. The number of ether oxygens (including phenoxy) is 3. The molecule has 136 valence electrons. The number of nitriles is 1. The number of benzene rings is 1. The lowest BCUT2D eigenvalue weighted by atomic mass is 10.1. The molecule has 1 N–H and O–H groups in total. The summed E-state index contributed by atoms with van der Waals surface area (Å²) in [4.78, 5) is 4.34. The van der Waals surface area contributed by atoms with E-state index in [1.807, 2.05) is 38.1 Å². The maximum absolute atomic E-state index is 9.42. The van der Waals surface area contributed by atoms with E-state index in [1.165, 1.54) is 0 Å². The Labute approximate surface area is 153 Å². The van der Waals surface area contributed by atoms with E-state index in [1.54, 1.807) is 20.4 Å². The van der Waals surface area contributed by atoms with Gasteiger partial charge in [-0.25, -0.2) is 4.98 Å². The van der Waals surface area contributed by atoms with Gasteiger partial charge in [-0.2, -0.15) is 10.4 Å². The average molecular weight is 354 g/mol. The van der Waals surface area contributed by atoms with Crippen molar-refractivity contribution in [1.29, 1.82) is 5.26 Å². The van der Waals surface area contributed by atoms with Crippen molar-refractivity contribution < 1.29 is 14.2 Å². The van der Waals surface area contributed by atoms with E-state index in [2.05, 4.69) is 21.6 Å². The first-order chi connectivity index (χ1) is 12.6. The normalized spacial score (nSPS) is 10.6. The first-order valence-electron chi connectivity index (χ1n) is 8.12. The minimum absolute atomic E-state index is 0.334. The molecule has 0 amide bonds. The highest BCUT2D eigenvalue weighted by Crippen LogP contribution is 2.27. The summed E-state index contributed by atoms with van der Waals surface area (Å²) in [5, 5.41) is 13.6. The monoisotopic (exact) mass is 354 g/mol. The zero-order valence-electron chi connectivity index (χ0n) is 15.4. The Morgan fingerprint density at radius 2 is 2.08 bits per heavy atom. The molecule has 0 saturated carbocycles. The van der Waals surface area contributed by atoms with Crippen molar-refractivity contribution in [2.45, 2.75) is 20.5 Å². The van der Waals surface area contributed by atoms with Crippen molar-refractivity contribution in [1.82, 2.24) is 4.98 Å². The summed E-state index contributed by atoms with van der Waals surface area (Å²) in [5.74, 6) is 1.70. The van der Waals surface area contributed by atoms with Crippen LogP contribution in [0.5, 0.6) is 11.5 Å². The number of hydrazone groups is 1. The van der Waals surface area contributed by atoms with Crippen molar-refractivity contribution in [3.8, 4) is 17.6 Å². The molecule has 0 aliphatic heterocycles. The number of hydrogen-bond donors (Lipinski definition) is 1. The molecule has 0 aliphatic carbocycles. The minimum atomic E-state index is 0.334. The zero-order valence-corrected chi connectivity index (χ0v) is 15.4. The minimum Gasteiger partial charge on any atom is -0.493 e. The van der Waals surface area contributed by atoms with E-state index in [0.29, 0.717) is 36.1 Å². The smallest absolute Gasteiger partial charge is 0.164 e. The first kappa shape index (κ1) is 19.2. The van der Waals surface area contributed by atoms with Gasteiger partial charge in [0.05, 0.1) is 26.5 Å². The molecule has 0 radical (unpaired) electrons. The number of aryl methyl sites for hydroxylation is 1. The average Bonchev–Trinajstić information content (AvgIpc) is 2.62. The van der Waals surface area contributed by atoms with E-state index in [0.717, 1.165) is 16.8 Å². The van der Waals surface area contributed by atoms with Crippen LogP contribution in [-0.4, -0.2) is 32.0 Å². The molecule has 2 rings (SSSR count). The molecule has 7 nitrogen and oxygen atoms in total. The van der Waals surface area contributed by atoms with Crippen LogP contribution in [0.4, 0.5) is 5.82 Å². The standard InChI is InChI=1S/C19H22N4O3/c1-5-26-18-9-14(6-7-17(18)25-4)11-21-23-19-16(10-20)15(12-24-3)8-13(2)22-19/h6-9,11H,5,12H2,1-4H3,(H,22,23). The van der Waals surface area contributed by atoms with Gasteiger partial charge < -0.3 is 14.2 Å². The molecule has 2 aromatic rings. The van der Waals surface area contributed by atoms with Gasteiger partial charge in [0.1, 0.15) is 11.6 Å². The second-order valence-corrected chi connectivity index (χ2v) is 5.40. The van der Waals surface area contributed by atoms with Gasteiger partial charge in [0.25, 0.3) is 0 Å². The molecular formula is C19H22N4O3. The van der Waals surface area contributed by atoms with Crippen LogP contribution in [0, 0.1) is 18.3 Å². The summed E-state index contributed by atoms with van der Waals surface area (Å²) in [7, 11) is 3.18. The van der Waals surface area contributed by atoms with Crippen LogP contribution in [-0.2, 0) is 11.3 Å². The van der Waals surface area contributed by atoms with Crippen LogP contribution in [0.25, 0.3) is 0 Å². The molecule has 0 saturated heterocycles. The molecule has 1 aromatic carbocycles. The van der Waals surface area contributed by atoms with E-state index in [9.17, 15) is 5.26 Å². The Balaban J connectivity index is 2.23. The Kier molecular flexibility index (Phi) is 6.94. The van der Waals surface area contributed by atoms with Gasteiger partial charge >= 0.3 is 0 Å². The summed E-state index contributed by atoms with van der Waals surface area (Å²) >= 11 is 0. The number of rotatable bonds is 8. The van der Waals surface area contributed by atoms with Gasteiger partial charge in [-0.3, -0.25) is 5.43 Å². The van der Waals surface area contributed by atoms with Gasteiger partial charge in [-0.15, -0.1) is 0 Å². The number of aromatic nitrogens is 1. The van der Waals surface area contributed by atoms with Crippen LogP contribution < -0.4 is 14.9 Å². The summed E-state index contributed by atoms with van der Waals surface area (Å²) in [6.45, 7) is 4.64. The lowest BCUT2D eigenvalue weighted by molar-refractivity contribution is 0.184. The molecule has 0 aliphatic rings. The van der Waals surface area contributed by atoms with E-state index in [4.69, 9.17) is 14.2 Å². The quantitative estimate of drug-likeness (QED) is 0.578. The third-order valence-corrected chi connectivity index (χ3v) is 3.51. The van der Waals surface area contributed by atoms with Crippen molar-refractivity contribution in [3.63, 3.8) is 0 Å². The molecule has 0 spiro atoms. The second-order valence-electron chi connectivity index (χ2n) is 5.40. The fraction of sp³-hybridized carbons (Fsp3) is 0.316. The summed E-state index contributed by atoms with van der Waals surface area (Å²) < 4.78 is 16.0. The Morgan fingerprint density at radius 1 is 1.27 bits per heavy atom. The van der Waals surface area contributed by atoms with Crippen LogP contribution >= 0.6 is 0 Å². The number of hydrogen-bond acceptors (Lipinski definition) is 7. The van der Waals surface area contributed by atoms with Crippen LogP contribution in [0.15, 0.2) is 29.4 Å². The number of nitrogens with zero attached hydrogens (tertiary/aromatic N) is 3. The van der Waals surface area contributed by atoms with Gasteiger partial charge in [0.15, 0.2) is 17.3 Å². The summed E-state index contributed by atoms with van der Waals surface area (Å²) in [5.41, 5.74) is 5.62. The van der Waals surface area contributed by atoms with Crippen molar-refractivity contribution >= 4 is 12.0 Å². The van der Waals surface area contributed by atoms with Crippen LogP contribution in [0.2, 0.25) is 0 Å². The maximum atomic E-state index is 9.42. The van der Waals surface area contributed by atoms with Gasteiger partial charge in [0.2, 0.25) is 0 Å². The third kappa shape index (κ3) is 4.71. The predicted octanol–water partition coefficient (Wildman–Crippen LogP) is 3.26. The number of methoxy groups -OCH3 is 2. The lowest BCUT2D eigenvalue weighted by Crippen LogP contribution is -2.03. The van der Waals surface area contributed by atoms with Crippen LogP contribution in [0.1, 0.15) is 29.3 Å². The fourth-order valence-electron chi connectivity index (χ4n) is 2.43. The van der Waals surface area contributed by atoms with E-state index in [-0.39, 0.29) is 0 Å². The topological polar surface area (TPSA) is 88.8 Å². The van der Waals surface area contributed by atoms with E-state index < -0.39 is 0 Å². The first-order valence-corrected chi connectivity index (χ1v) is 8.12. The molecule has 26 heavy (non-hydrogen) atoms. The largest absolute Gasteiger partial charge is 0.493 e. The number of pyridine rings is 1. The van der Waals surface area contributed by atoms with E-state index >= 15 is 0 Å². The Bertz CT molecular complexity index is 828. The van der Waals surface area contributed by atoms with Crippen molar-refractivity contribution in [3.05, 3.63) is 46.6 Å². The summed E-state index contributed by atoms with van der Waals surface area (Å²) in [6, 6.07) is 9.48. The summed E-state index contributed by atoms with van der Waals surface area (Å²) in [6.07, 6.45) is 1.63. The lowest BCUT2D eigenvalue weighted by Gasteiger charge is -2.10. The molecule has 0 atom stereocenters. The molecule has 1 heterocycles. The molecule has 7 heteroatoms. The number of anilines is 1. The molecule has 0 fully saturated rings. The predicted molar refractivity (Wildman–Crippen MR) is 99.8 cm³/mol. The van der Waals surface area contributed by atoms with Gasteiger partial charge in [0, 0.05) is 18.4 Å². The van der Waals surface area contributed by atoms with Gasteiger partial charge in [-0.05, 0) is 43.7 Å². The van der Waals surface area contributed by atoms with Crippen LogP contribution in [0.3, 0.4) is 0 Å². The highest BCUT2D eigenvalue weighted by atomic mass is 16.5. The van der Waals surface area contributed by atoms with Crippen molar-refractivity contribution in [2.24, 2.45) is 5.10 Å². The Morgan fingerprint density at radius 3 is 2.73 bits per heavy atom. The van der Waals surface area contributed by atoms with Gasteiger partial charge in [-0.1, -0.05) is 0 Å². The third-order valence-electron chi connectivity index (χ3n) is 3.51. The fourth-order valence-corrected chi connectivity index (χ4v) is 2.43. The van der Waals surface area contributed by atoms with Crippen molar-refractivity contribution in [2.75, 3.05) is 26.3 Å². The second kappa shape index (κ2) is 9.39. The molecular weight excluding hydrogens is 332 g/mol. The molecule has 0 unspecified atom stereocenters.